The van der Waals surface area contributed by atoms with E-state index >= 15 is 0 Å². The average molecular weight is 365 g/mol. The van der Waals surface area contributed by atoms with Gasteiger partial charge in [0.1, 0.15) is 6.04 Å². The van der Waals surface area contributed by atoms with Crippen molar-refractivity contribution < 1.29 is 22.3 Å². The molecule has 1 fully saturated rings. The lowest BCUT2D eigenvalue weighted by atomic mass is 10.0. The highest BCUT2D eigenvalue weighted by molar-refractivity contribution is 5.85. The number of alkyl halides is 3. The molecule has 1 aliphatic heterocycles. The van der Waals surface area contributed by atoms with Crippen LogP contribution in [-0.2, 0) is 0 Å². The maximum atomic E-state index is 14.1. The number of halogens is 6. The van der Waals surface area contributed by atoms with E-state index in [-0.39, 0.29) is 43.7 Å². The minimum atomic E-state index is -4.54. The third kappa shape index (κ3) is 4.62. The van der Waals surface area contributed by atoms with Crippen molar-refractivity contribution in [3.05, 3.63) is 29.6 Å². The molecule has 3 nitrogen and oxygen atoms in total. The fourth-order valence-electron chi connectivity index (χ4n) is 2.42. The molecule has 0 aromatic heterocycles. The summed E-state index contributed by atoms with van der Waals surface area (Å²) in [6.07, 6.45) is -4.54. The molecular formula is C13H18Cl2F4N2O. The normalized spacial score (nSPS) is 17.1. The van der Waals surface area contributed by atoms with Crippen LogP contribution in [0.2, 0.25) is 0 Å². The lowest BCUT2D eigenvalue weighted by molar-refractivity contribution is -0.188. The van der Waals surface area contributed by atoms with E-state index in [1.54, 1.807) is 0 Å². The SMILES string of the molecule is COc1cccc([C@@H](N2CCNCC2)C(F)(F)F)c1F.Cl.Cl. The Morgan fingerprint density at radius 1 is 1.18 bits per heavy atom. The van der Waals surface area contributed by atoms with Crippen molar-refractivity contribution in [2.24, 2.45) is 0 Å². The molecule has 0 bridgehead atoms. The van der Waals surface area contributed by atoms with Crippen LogP contribution in [0.1, 0.15) is 11.6 Å². The topological polar surface area (TPSA) is 24.5 Å². The molecule has 0 spiro atoms. The van der Waals surface area contributed by atoms with Crippen molar-refractivity contribution in [1.29, 1.82) is 0 Å². The highest BCUT2D eigenvalue weighted by Gasteiger charge is 2.46. The molecule has 1 aromatic rings. The summed E-state index contributed by atoms with van der Waals surface area (Å²) in [6.45, 7) is 1.36. The van der Waals surface area contributed by atoms with Gasteiger partial charge in [-0.2, -0.15) is 13.2 Å². The quantitative estimate of drug-likeness (QED) is 0.833. The predicted molar refractivity (Wildman–Crippen MR) is 80.7 cm³/mol. The number of rotatable bonds is 3. The molecule has 22 heavy (non-hydrogen) atoms. The summed E-state index contributed by atoms with van der Waals surface area (Å²) in [4.78, 5) is 1.24. The third-order valence-electron chi connectivity index (χ3n) is 3.33. The summed E-state index contributed by atoms with van der Waals surface area (Å²) in [5, 5.41) is 2.98. The van der Waals surface area contributed by atoms with Crippen LogP contribution in [0, 0.1) is 5.82 Å². The van der Waals surface area contributed by atoms with Gasteiger partial charge in [0.2, 0.25) is 0 Å². The van der Waals surface area contributed by atoms with Gasteiger partial charge in [-0.05, 0) is 6.07 Å². The fourth-order valence-corrected chi connectivity index (χ4v) is 2.42. The standard InChI is InChI=1S/C13H16F4N2O.2ClH/c1-20-10-4-2-3-9(11(10)14)12(13(15,16)17)19-7-5-18-6-8-19;;/h2-4,12,18H,5-8H2,1H3;2*1H/t12-;;/m1../s1. The Hall–Kier alpha value is -0.760. The summed E-state index contributed by atoms with van der Waals surface area (Å²) in [7, 11) is 1.23. The number of ether oxygens (including phenoxy) is 1. The maximum absolute atomic E-state index is 14.1. The van der Waals surface area contributed by atoms with Gasteiger partial charge in [-0.15, -0.1) is 24.8 Å². The Balaban J connectivity index is 0.00000220. The fraction of sp³-hybridized carbons (Fsp3) is 0.538. The zero-order valence-electron chi connectivity index (χ0n) is 11.8. The van der Waals surface area contributed by atoms with Crippen molar-refractivity contribution in [2.45, 2.75) is 12.2 Å². The van der Waals surface area contributed by atoms with Gasteiger partial charge in [-0.3, -0.25) is 4.90 Å². The lowest BCUT2D eigenvalue weighted by Gasteiger charge is -2.36. The molecule has 0 aliphatic carbocycles. The van der Waals surface area contributed by atoms with Gasteiger partial charge in [-0.1, -0.05) is 12.1 Å². The van der Waals surface area contributed by atoms with Gasteiger partial charge in [-0.25, -0.2) is 4.39 Å². The van der Waals surface area contributed by atoms with Gasteiger partial charge in [0.25, 0.3) is 0 Å². The van der Waals surface area contributed by atoms with Crippen molar-refractivity contribution in [2.75, 3.05) is 33.3 Å². The van der Waals surface area contributed by atoms with E-state index in [4.69, 9.17) is 4.74 Å². The van der Waals surface area contributed by atoms with Crippen LogP contribution in [0.3, 0.4) is 0 Å². The van der Waals surface area contributed by atoms with Gasteiger partial charge < -0.3 is 10.1 Å². The van der Waals surface area contributed by atoms with Crippen LogP contribution in [0.25, 0.3) is 0 Å². The number of nitrogens with zero attached hydrogens (tertiary/aromatic N) is 1. The van der Waals surface area contributed by atoms with Gasteiger partial charge in [0.15, 0.2) is 11.6 Å². The second kappa shape index (κ2) is 8.76. The second-order valence-corrected chi connectivity index (χ2v) is 4.59. The van der Waals surface area contributed by atoms with Crippen molar-refractivity contribution in [1.82, 2.24) is 10.2 Å². The molecule has 0 unspecified atom stereocenters. The van der Waals surface area contributed by atoms with Gasteiger partial charge >= 0.3 is 6.18 Å². The van der Waals surface area contributed by atoms with E-state index in [0.29, 0.717) is 13.1 Å². The number of benzene rings is 1. The Kier molecular flexibility index (Phi) is 8.46. The van der Waals surface area contributed by atoms with E-state index < -0.39 is 23.6 Å². The summed E-state index contributed by atoms with van der Waals surface area (Å²) in [5.41, 5.74) is -0.390. The smallest absolute Gasteiger partial charge is 0.408 e. The monoisotopic (exact) mass is 364 g/mol. The molecule has 1 atom stereocenters. The van der Waals surface area contributed by atoms with Crippen LogP contribution < -0.4 is 10.1 Å². The van der Waals surface area contributed by atoms with Crippen LogP contribution in [0.15, 0.2) is 18.2 Å². The Morgan fingerprint density at radius 3 is 2.27 bits per heavy atom. The van der Waals surface area contributed by atoms with Crippen LogP contribution in [0.4, 0.5) is 17.6 Å². The van der Waals surface area contributed by atoms with Crippen molar-refractivity contribution in [3.8, 4) is 5.75 Å². The zero-order valence-corrected chi connectivity index (χ0v) is 13.5. The summed E-state index contributed by atoms with van der Waals surface area (Å²) >= 11 is 0. The van der Waals surface area contributed by atoms with Crippen LogP contribution in [-0.4, -0.2) is 44.4 Å². The van der Waals surface area contributed by atoms with E-state index in [2.05, 4.69) is 5.32 Å². The first-order valence-electron chi connectivity index (χ1n) is 6.29. The molecule has 1 aliphatic rings. The third-order valence-corrected chi connectivity index (χ3v) is 3.33. The molecule has 0 amide bonds. The minimum Gasteiger partial charge on any atom is -0.494 e. The summed E-state index contributed by atoms with van der Waals surface area (Å²) < 4.78 is 58.9. The first-order chi connectivity index (χ1) is 9.45. The van der Waals surface area contributed by atoms with Crippen LogP contribution >= 0.6 is 24.8 Å². The van der Waals surface area contributed by atoms with E-state index in [1.165, 1.54) is 24.1 Å². The molecule has 9 heteroatoms. The molecule has 128 valence electrons. The minimum absolute atomic E-state index is 0. The summed E-state index contributed by atoms with van der Waals surface area (Å²) in [5.74, 6) is -1.12. The number of hydrogen-bond acceptors (Lipinski definition) is 3. The molecule has 1 aromatic carbocycles. The molecule has 2 rings (SSSR count). The number of piperazine rings is 1. The summed E-state index contributed by atoms with van der Waals surface area (Å²) in [6, 6.07) is 1.90. The molecule has 1 saturated heterocycles. The molecule has 0 saturated carbocycles. The highest BCUT2D eigenvalue weighted by Crippen LogP contribution is 2.40. The molecular weight excluding hydrogens is 347 g/mol. The lowest BCUT2D eigenvalue weighted by Crippen LogP contribution is -2.49. The largest absolute Gasteiger partial charge is 0.494 e. The Bertz CT molecular complexity index is 468. The van der Waals surface area contributed by atoms with E-state index in [9.17, 15) is 17.6 Å². The zero-order chi connectivity index (χ0) is 14.8. The van der Waals surface area contributed by atoms with E-state index in [1.807, 2.05) is 0 Å². The number of methoxy groups -OCH3 is 1. The highest BCUT2D eigenvalue weighted by atomic mass is 35.5. The maximum Gasteiger partial charge on any atom is 0.408 e. The second-order valence-electron chi connectivity index (χ2n) is 4.59. The van der Waals surface area contributed by atoms with Crippen molar-refractivity contribution in [3.63, 3.8) is 0 Å². The first-order valence-corrected chi connectivity index (χ1v) is 6.29. The van der Waals surface area contributed by atoms with Crippen LogP contribution in [0.5, 0.6) is 5.75 Å². The van der Waals surface area contributed by atoms with Gasteiger partial charge in [0.05, 0.1) is 7.11 Å². The Labute approximate surface area is 138 Å². The molecule has 1 heterocycles. The molecule has 1 N–H and O–H groups in total. The van der Waals surface area contributed by atoms with Crippen molar-refractivity contribution >= 4 is 24.8 Å². The predicted octanol–water partition coefficient (Wildman–Crippen LogP) is 3.19. The number of hydrogen-bond donors (Lipinski definition) is 1. The Morgan fingerprint density at radius 2 is 1.77 bits per heavy atom. The first kappa shape index (κ1) is 21.2. The van der Waals surface area contributed by atoms with E-state index in [0.717, 1.165) is 6.07 Å². The van der Waals surface area contributed by atoms with Gasteiger partial charge in [0, 0.05) is 31.7 Å². The average Bonchev–Trinajstić information content (AvgIpc) is 2.41. The molecule has 0 radical (unpaired) electrons. The number of nitrogens with one attached hydrogen (secondary N) is 1.